The van der Waals surface area contributed by atoms with Gasteiger partial charge in [-0.3, -0.25) is 0 Å². The number of hydrogen-bond donors (Lipinski definition) is 2. The Bertz CT molecular complexity index is 685. The first-order valence-electron chi connectivity index (χ1n) is 8.86. The van der Waals surface area contributed by atoms with Crippen LogP contribution in [0.3, 0.4) is 0 Å². The molecule has 0 spiro atoms. The van der Waals surface area contributed by atoms with Gasteiger partial charge in [-0.25, -0.2) is 4.79 Å². The first-order chi connectivity index (χ1) is 12.4. The van der Waals surface area contributed by atoms with Gasteiger partial charge in [0.25, 0.3) is 0 Å². The third-order valence-electron chi connectivity index (χ3n) is 5.07. The van der Waals surface area contributed by atoms with Crippen molar-refractivity contribution < 1.29 is 19.7 Å². The standard InChI is InChI=1S/C21H25NO4/c1-22-14-12-20(24,13-15-22)16-26-19(23)21(25,17-8-4-2-5-9-17)18-10-6-3-7-11-18/h2-11,24-25H,12-16H2,1H3. The summed E-state index contributed by atoms with van der Waals surface area (Å²) in [4.78, 5) is 15.0. The summed E-state index contributed by atoms with van der Waals surface area (Å²) in [6.45, 7) is 1.37. The molecule has 2 aromatic carbocycles. The summed E-state index contributed by atoms with van der Waals surface area (Å²) in [6, 6.07) is 17.5. The van der Waals surface area contributed by atoms with Crippen molar-refractivity contribution in [3.8, 4) is 0 Å². The fourth-order valence-electron chi connectivity index (χ4n) is 3.24. The Hall–Kier alpha value is -2.21. The highest BCUT2D eigenvalue weighted by Crippen LogP contribution is 2.32. The van der Waals surface area contributed by atoms with Crippen LogP contribution >= 0.6 is 0 Å². The largest absolute Gasteiger partial charge is 0.460 e. The lowest BCUT2D eigenvalue weighted by Gasteiger charge is -2.36. The minimum atomic E-state index is -1.91. The van der Waals surface area contributed by atoms with Crippen molar-refractivity contribution in [3.05, 3.63) is 71.8 Å². The van der Waals surface area contributed by atoms with Crippen molar-refractivity contribution in [2.75, 3.05) is 26.7 Å². The van der Waals surface area contributed by atoms with Crippen LogP contribution in [0.5, 0.6) is 0 Å². The molecule has 0 unspecified atom stereocenters. The van der Waals surface area contributed by atoms with Gasteiger partial charge in [0.2, 0.25) is 5.60 Å². The van der Waals surface area contributed by atoms with E-state index in [0.717, 1.165) is 13.1 Å². The summed E-state index contributed by atoms with van der Waals surface area (Å²) < 4.78 is 5.44. The molecular weight excluding hydrogens is 330 g/mol. The molecule has 1 heterocycles. The fourth-order valence-corrected chi connectivity index (χ4v) is 3.24. The summed E-state index contributed by atoms with van der Waals surface area (Å²) in [7, 11) is 2.00. The smallest absolute Gasteiger partial charge is 0.347 e. The van der Waals surface area contributed by atoms with E-state index in [1.165, 1.54) is 0 Å². The van der Waals surface area contributed by atoms with Crippen LogP contribution in [-0.2, 0) is 15.1 Å². The molecule has 3 rings (SSSR count). The van der Waals surface area contributed by atoms with Crippen LogP contribution in [0.2, 0.25) is 0 Å². The van der Waals surface area contributed by atoms with Crippen molar-refractivity contribution in [3.63, 3.8) is 0 Å². The van der Waals surface area contributed by atoms with Gasteiger partial charge >= 0.3 is 5.97 Å². The van der Waals surface area contributed by atoms with E-state index in [0.29, 0.717) is 24.0 Å². The molecule has 138 valence electrons. The van der Waals surface area contributed by atoms with Gasteiger partial charge in [0.1, 0.15) is 12.2 Å². The maximum absolute atomic E-state index is 12.9. The van der Waals surface area contributed by atoms with Gasteiger partial charge in [-0.15, -0.1) is 0 Å². The third-order valence-corrected chi connectivity index (χ3v) is 5.07. The van der Waals surface area contributed by atoms with E-state index in [1.807, 2.05) is 19.2 Å². The van der Waals surface area contributed by atoms with Crippen LogP contribution in [0.4, 0.5) is 0 Å². The molecule has 0 aliphatic carbocycles. The molecule has 5 nitrogen and oxygen atoms in total. The molecule has 0 bridgehead atoms. The number of carbonyl (C=O) groups excluding carboxylic acids is 1. The Morgan fingerprint density at radius 1 is 1.04 bits per heavy atom. The lowest BCUT2D eigenvalue weighted by Crippen LogP contribution is -2.48. The summed E-state index contributed by atoms with van der Waals surface area (Å²) in [5.41, 5.74) is -2.08. The zero-order valence-electron chi connectivity index (χ0n) is 15.0. The van der Waals surface area contributed by atoms with Crippen LogP contribution in [0.15, 0.2) is 60.7 Å². The number of benzene rings is 2. The molecule has 1 aliphatic heterocycles. The Balaban J connectivity index is 1.82. The average Bonchev–Trinajstić information content (AvgIpc) is 2.69. The number of aliphatic hydroxyl groups is 2. The zero-order chi connectivity index (χ0) is 18.6. The topological polar surface area (TPSA) is 70.0 Å². The van der Waals surface area contributed by atoms with Gasteiger partial charge in [-0.1, -0.05) is 60.7 Å². The molecule has 0 aromatic heterocycles. The maximum Gasteiger partial charge on any atom is 0.347 e. The Morgan fingerprint density at radius 2 is 1.50 bits per heavy atom. The van der Waals surface area contributed by atoms with Crippen LogP contribution in [0.25, 0.3) is 0 Å². The summed E-state index contributed by atoms with van der Waals surface area (Å²) in [5.74, 6) is -0.776. The average molecular weight is 355 g/mol. The van der Waals surface area contributed by atoms with Crippen molar-refractivity contribution in [1.29, 1.82) is 0 Å². The number of likely N-dealkylation sites (tertiary alicyclic amines) is 1. The number of piperidine rings is 1. The highest BCUT2D eigenvalue weighted by Gasteiger charge is 2.43. The SMILES string of the molecule is CN1CCC(O)(COC(=O)C(O)(c2ccccc2)c2ccccc2)CC1. The summed E-state index contributed by atoms with van der Waals surface area (Å²) in [5, 5.41) is 22.0. The number of esters is 1. The Labute approximate surface area is 153 Å². The molecule has 0 saturated carbocycles. The van der Waals surface area contributed by atoms with E-state index in [9.17, 15) is 15.0 Å². The number of carbonyl (C=O) groups is 1. The molecule has 1 fully saturated rings. The Kier molecular flexibility index (Phi) is 5.41. The molecule has 2 N–H and O–H groups in total. The number of hydrogen-bond acceptors (Lipinski definition) is 5. The first-order valence-corrected chi connectivity index (χ1v) is 8.86. The van der Waals surface area contributed by atoms with E-state index in [1.54, 1.807) is 48.5 Å². The summed E-state index contributed by atoms with van der Waals surface area (Å²) >= 11 is 0. The fraction of sp³-hybridized carbons (Fsp3) is 0.381. The second kappa shape index (κ2) is 7.58. The van der Waals surface area contributed by atoms with Crippen LogP contribution in [-0.4, -0.2) is 53.4 Å². The van der Waals surface area contributed by atoms with Crippen molar-refractivity contribution in [2.45, 2.75) is 24.0 Å². The van der Waals surface area contributed by atoms with E-state index in [4.69, 9.17) is 4.74 Å². The Morgan fingerprint density at radius 3 is 1.96 bits per heavy atom. The van der Waals surface area contributed by atoms with Crippen molar-refractivity contribution in [1.82, 2.24) is 4.90 Å². The van der Waals surface area contributed by atoms with Crippen molar-refractivity contribution >= 4 is 5.97 Å². The molecule has 26 heavy (non-hydrogen) atoms. The van der Waals surface area contributed by atoms with Crippen molar-refractivity contribution in [2.24, 2.45) is 0 Å². The third kappa shape index (κ3) is 3.80. The maximum atomic E-state index is 12.9. The minimum Gasteiger partial charge on any atom is -0.460 e. The minimum absolute atomic E-state index is 0.123. The van der Waals surface area contributed by atoms with Crippen LogP contribution < -0.4 is 0 Å². The quantitative estimate of drug-likeness (QED) is 0.802. The molecule has 2 aromatic rings. The van der Waals surface area contributed by atoms with Gasteiger partial charge in [0.05, 0.1) is 0 Å². The molecule has 1 aliphatic rings. The molecule has 0 atom stereocenters. The van der Waals surface area contributed by atoms with Gasteiger partial charge in [-0.2, -0.15) is 0 Å². The monoisotopic (exact) mass is 355 g/mol. The molecular formula is C21H25NO4. The van der Waals surface area contributed by atoms with E-state index in [2.05, 4.69) is 4.90 Å². The second-order valence-corrected chi connectivity index (χ2v) is 7.05. The van der Waals surface area contributed by atoms with E-state index < -0.39 is 17.2 Å². The summed E-state index contributed by atoms with van der Waals surface area (Å²) in [6.07, 6.45) is 1.07. The van der Waals surface area contributed by atoms with Gasteiger partial charge in [-0.05, 0) is 31.0 Å². The predicted molar refractivity (Wildman–Crippen MR) is 98.5 cm³/mol. The van der Waals surface area contributed by atoms with Crippen LogP contribution in [0, 0.1) is 0 Å². The molecule has 5 heteroatoms. The van der Waals surface area contributed by atoms with E-state index >= 15 is 0 Å². The van der Waals surface area contributed by atoms with Gasteiger partial charge < -0.3 is 19.8 Å². The number of ether oxygens (including phenoxy) is 1. The predicted octanol–water partition coefficient (Wildman–Crippen LogP) is 1.92. The zero-order valence-corrected chi connectivity index (χ0v) is 15.0. The van der Waals surface area contributed by atoms with Gasteiger partial charge in [0, 0.05) is 13.1 Å². The first kappa shape index (κ1) is 18.6. The highest BCUT2D eigenvalue weighted by molar-refractivity contribution is 5.85. The number of nitrogens with zero attached hydrogens (tertiary/aromatic N) is 1. The molecule has 0 radical (unpaired) electrons. The normalized spacial score (nSPS) is 17.7. The lowest BCUT2D eigenvalue weighted by atomic mass is 9.86. The number of rotatable bonds is 5. The van der Waals surface area contributed by atoms with Gasteiger partial charge in [0.15, 0.2) is 0 Å². The highest BCUT2D eigenvalue weighted by atomic mass is 16.6. The molecule has 0 amide bonds. The molecule has 1 saturated heterocycles. The lowest BCUT2D eigenvalue weighted by molar-refractivity contribution is -0.172. The van der Waals surface area contributed by atoms with E-state index in [-0.39, 0.29) is 6.61 Å². The van der Waals surface area contributed by atoms with Crippen LogP contribution in [0.1, 0.15) is 24.0 Å². The second-order valence-electron chi connectivity index (χ2n) is 7.05.